The third kappa shape index (κ3) is 4.63. The maximum Gasteiger partial charge on any atom is 0.305 e. The van der Waals surface area contributed by atoms with Gasteiger partial charge in [-0.2, -0.15) is 0 Å². The number of Topliss-reactive ketones (excluding diaryl/α,β-unsaturated/α-hetero) is 1. The van der Waals surface area contributed by atoms with Gasteiger partial charge in [-0.25, -0.2) is 10.4 Å². The molecule has 1 fully saturated rings. The van der Waals surface area contributed by atoms with Crippen LogP contribution in [-0.4, -0.2) is 66.0 Å². The number of piperazine rings is 1. The Bertz CT molecular complexity index is 484. The molecule has 1 heterocycles. The molecule has 6 nitrogen and oxygen atoms in total. The van der Waals surface area contributed by atoms with Crippen LogP contribution >= 0.6 is 0 Å². The molecule has 0 aliphatic carbocycles. The van der Waals surface area contributed by atoms with Gasteiger partial charge in [-0.1, -0.05) is 30.3 Å². The van der Waals surface area contributed by atoms with Gasteiger partial charge in [-0.05, 0) is 7.05 Å². The minimum atomic E-state index is -0.981. The van der Waals surface area contributed by atoms with E-state index in [9.17, 15) is 9.59 Å². The lowest BCUT2D eigenvalue weighted by atomic mass is 10.0. The number of hydrogen-bond acceptors (Lipinski definition) is 5. The first-order valence-corrected chi connectivity index (χ1v) is 7.07. The Kier molecular flexibility index (Phi) is 5.44. The summed E-state index contributed by atoms with van der Waals surface area (Å²) in [7, 11) is 2.04. The fourth-order valence-electron chi connectivity index (χ4n) is 2.33. The molecular formula is C15H21N3O3. The lowest BCUT2D eigenvalue weighted by Gasteiger charge is -2.34. The Labute approximate surface area is 124 Å². The lowest BCUT2D eigenvalue weighted by Crippen LogP contribution is -2.56. The number of likely N-dealkylation sites (N-methyl/N-ethyl adjacent to an activating group) is 1. The van der Waals surface area contributed by atoms with Crippen LogP contribution < -0.4 is 5.43 Å². The zero-order valence-corrected chi connectivity index (χ0v) is 12.2. The molecule has 0 spiro atoms. The molecular weight excluding hydrogens is 270 g/mol. The molecule has 2 N–H and O–H groups in total. The number of rotatable bonds is 6. The first-order chi connectivity index (χ1) is 10.1. The van der Waals surface area contributed by atoms with Gasteiger partial charge in [-0.15, -0.1) is 0 Å². The Hall–Kier alpha value is -1.76. The second-order valence-electron chi connectivity index (χ2n) is 5.30. The number of hydrogen-bond donors (Lipinski definition) is 2. The molecule has 1 atom stereocenters. The van der Waals surface area contributed by atoms with Gasteiger partial charge < -0.3 is 10.0 Å². The average Bonchev–Trinajstić information content (AvgIpc) is 2.48. The fourth-order valence-corrected chi connectivity index (χ4v) is 2.33. The third-order valence-electron chi connectivity index (χ3n) is 3.60. The van der Waals surface area contributed by atoms with E-state index in [1.807, 2.05) is 18.1 Å². The second kappa shape index (κ2) is 7.31. The molecule has 21 heavy (non-hydrogen) atoms. The van der Waals surface area contributed by atoms with Crippen molar-refractivity contribution in [3.8, 4) is 0 Å². The Balaban J connectivity index is 2.04. The number of carboxylic acids is 1. The Morgan fingerprint density at radius 1 is 1.19 bits per heavy atom. The van der Waals surface area contributed by atoms with E-state index in [1.54, 1.807) is 24.3 Å². The summed E-state index contributed by atoms with van der Waals surface area (Å²) in [6.45, 7) is 3.34. The third-order valence-corrected chi connectivity index (χ3v) is 3.60. The van der Waals surface area contributed by atoms with Crippen LogP contribution in [0.1, 0.15) is 16.8 Å². The summed E-state index contributed by atoms with van der Waals surface area (Å²) in [5.41, 5.74) is 3.62. The minimum absolute atomic E-state index is 0.183. The van der Waals surface area contributed by atoms with E-state index in [0.717, 1.165) is 26.2 Å². The van der Waals surface area contributed by atoms with Crippen molar-refractivity contribution in [1.82, 2.24) is 15.3 Å². The van der Waals surface area contributed by atoms with Gasteiger partial charge in [0.05, 0.1) is 12.5 Å². The Morgan fingerprint density at radius 2 is 1.81 bits per heavy atom. The Morgan fingerprint density at radius 3 is 2.38 bits per heavy atom. The highest BCUT2D eigenvalue weighted by Crippen LogP contribution is 2.08. The van der Waals surface area contributed by atoms with E-state index in [2.05, 4.69) is 10.3 Å². The van der Waals surface area contributed by atoms with Gasteiger partial charge in [0.1, 0.15) is 0 Å². The summed E-state index contributed by atoms with van der Waals surface area (Å²) in [6, 6.07) is 8.08. The molecule has 0 amide bonds. The quantitative estimate of drug-likeness (QED) is 0.742. The van der Waals surface area contributed by atoms with Crippen LogP contribution in [0.25, 0.3) is 0 Å². The number of carboxylic acid groups (broad SMARTS) is 1. The van der Waals surface area contributed by atoms with Gasteiger partial charge >= 0.3 is 5.97 Å². The number of nitrogens with one attached hydrogen (secondary N) is 1. The SMILES string of the molecule is CN1CCN(NC(CC(=O)O)C(=O)c2ccccc2)CC1. The molecule has 0 aromatic heterocycles. The molecule has 0 radical (unpaired) electrons. The van der Waals surface area contributed by atoms with Crippen LogP contribution in [-0.2, 0) is 4.79 Å². The summed E-state index contributed by atoms with van der Waals surface area (Å²) < 4.78 is 0. The van der Waals surface area contributed by atoms with Crippen molar-refractivity contribution in [3.05, 3.63) is 35.9 Å². The van der Waals surface area contributed by atoms with Gasteiger partial charge in [0, 0.05) is 31.7 Å². The van der Waals surface area contributed by atoms with Gasteiger partial charge in [-0.3, -0.25) is 9.59 Å². The molecule has 0 bridgehead atoms. The molecule has 1 aliphatic heterocycles. The van der Waals surface area contributed by atoms with Crippen LogP contribution in [0.5, 0.6) is 0 Å². The highest BCUT2D eigenvalue weighted by molar-refractivity contribution is 6.01. The van der Waals surface area contributed by atoms with Crippen molar-refractivity contribution >= 4 is 11.8 Å². The van der Waals surface area contributed by atoms with Crippen molar-refractivity contribution in [3.63, 3.8) is 0 Å². The molecule has 1 aromatic rings. The van der Waals surface area contributed by atoms with Crippen molar-refractivity contribution in [2.24, 2.45) is 0 Å². The number of carbonyl (C=O) groups excluding carboxylic acids is 1. The second-order valence-corrected chi connectivity index (χ2v) is 5.30. The van der Waals surface area contributed by atoms with Crippen molar-refractivity contribution in [1.29, 1.82) is 0 Å². The maximum atomic E-state index is 12.5. The molecule has 6 heteroatoms. The number of carbonyl (C=O) groups is 2. The maximum absolute atomic E-state index is 12.5. The fraction of sp³-hybridized carbons (Fsp3) is 0.467. The average molecular weight is 291 g/mol. The first kappa shape index (κ1) is 15.6. The van der Waals surface area contributed by atoms with Gasteiger partial charge in [0.15, 0.2) is 5.78 Å². The molecule has 1 unspecified atom stereocenters. The topological polar surface area (TPSA) is 72.9 Å². The number of hydrazine groups is 1. The van der Waals surface area contributed by atoms with Crippen LogP contribution in [0.3, 0.4) is 0 Å². The molecule has 1 aromatic carbocycles. The van der Waals surface area contributed by atoms with Crippen LogP contribution in [0.15, 0.2) is 30.3 Å². The molecule has 114 valence electrons. The zero-order chi connectivity index (χ0) is 15.2. The van der Waals surface area contributed by atoms with Crippen LogP contribution in [0, 0.1) is 0 Å². The van der Waals surface area contributed by atoms with Crippen molar-refractivity contribution < 1.29 is 14.7 Å². The number of aliphatic carboxylic acids is 1. The van der Waals surface area contributed by atoms with Crippen molar-refractivity contribution in [2.75, 3.05) is 33.2 Å². The summed E-state index contributed by atoms with van der Waals surface area (Å²) in [5, 5.41) is 11.0. The molecule has 0 saturated carbocycles. The molecule has 1 aliphatic rings. The lowest BCUT2D eigenvalue weighted by molar-refractivity contribution is -0.137. The van der Waals surface area contributed by atoms with E-state index >= 15 is 0 Å². The normalized spacial score (nSPS) is 18.3. The predicted octanol–water partition coefficient (Wildman–Crippen LogP) is 0.465. The van der Waals surface area contributed by atoms with E-state index in [4.69, 9.17) is 5.11 Å². The summed E-state index contributed by atoms with van der Waals surface area (Å²) in [6.07, 6.45) is -0.222. The van der Waals surface area contributed by atoms with Gasteiger partial charge in [0.25, 0.3) is 0 Å². The van der Waals surface area contributed by atoms with E-state index in [-0.39, 0.29) is 12.2 Å². The minimum Gasteiger partial charge on any atom is -0.481 e. The summed E-state index contributed by atoms with van der Waals surface area (Å²) in [4.78, 5) is 25.7. The predicted molar refractivity (Wildman–Crippen MR) is 79.0 cm³/mol. The largest absolute Gasteiger partial charge is 0.481 e. The van der Waals surface area contributed by atoms with Crippen LogP contribution in [0.4, 0.5) is 0 Å². The highest BCUT2D eigenvalue weighted by Gasteiger charge is 2.26. The monoisotopic (exact) mass is 291 g/mol. The standard InChI is InChI=1S/C15H21N3O3/c1-17-7-9-18(10-8-17)16-13(11-14(19)20)15(21)12-5-3-2-4-6-12/h2-6,13,16H,7-11H2,1H3,(H,19,20). The smallest absolute Gasteiger partial charge is 0.305 e. The van der Waals surface area contributed by atoms with Crippen molar-refractivity contribution in [2.45, 2.75) is 12.5 Å². The first-order valence-electron chi connectivity index (χ1n) is 7.07. The number of benzene rings is 1. The number of nitrogens with zero attached hydrogens (tertiary/aromatic N) is 2. The number of ketones is 1. The van der Waals surface area contributed by atoms with Crippen LogP contribution in [0.2, 0.25) is 0 Å². The molecule has 1 saturated heterocycles. The highest BCUT2D eigenvalue weighted by atomic mass is 16.4. The molecule has 2 rings (SSSR count). The van der Waals surface area contributed by atoms with Gasteiger partial charge in [0.2, 0.25) is 0 Å². The summed E-state index contributed by atoms with van der Waals surface area (Å²) >= 11 is 0. The summed E-state index contributed by atoms with van der Waals surface area (Å²) in [5.74, 6) is -1.16. The zero-order valence-electron chi connectivity index (χ0n) is 12.2. The van der Waals surface area contributed by atoms with E-state index in [1.165, 1.54) is 0 Å². The van der Waals surface area contributed by atoms with E-state index in [0.29, 0.717) is 5.56 Å². The van der Waals surface area contributed by atoms with E-state index < -0.39 is 12.0 Å².